The van der Waals surface area contributed by atoms with Crippen LogP contribution in [0.5, 0.6) is 0 Å². The van der Waals surface area contributed by atoms with Gasteiger partial charge in [-0.3, -0.25) is 0 Å². The second-order valence-electron chi connectivity index (χ2n) is 10.8. The van der Waals surface area contributed by atoms with Crippen LogP contribution in [0.25, 0.3) is 54.6 Å². The maximum absolute atomic E-state index is 7.45. The standard InChI is InChI=1S/C38H26N3/c1-39-27-21-19-26(20-22-27)29-24-23-28(40-34-15-7-3-11-30(34)31-12-4-8-16-35(31)40)25-38(29)41(2)36-17-9-5-13-32(36)33-14-6-10-18-37(33)41/h3-25H,2H3/q+1. The summed E-state index contributed by atoms with van der Waals surface area (Å²) in [7, 11) is 2.31. The number of aromatic nitrogens is 1. The Hall–Kier alpha value is -5.43. The Morgan fingerprint density at radius 3 is 1.66 bits per heavy atom. The molecule has 0 atom stereocenters. The van der Waals surface area contributed by atoms with Gasteiger partial charge in [-0.2, -0.15) is 0 Å². The van der Waals surface area contributed by atoms with Crippen molar-refractivity contribution < 1.29 is 0 Å². The molecule has 0 unspecified atom stereocenters. The van der Waals surface area contributed by atoms with Crippen LogP contribution in [0.4, 0.5) is 22.7 Å². The molecule has 0 N–H and O–H groups in total. The van der Waals surface area contributed by atoms with Crippen molar-refractivity contribution >= 4 is 44.6 Å². The van der Waals surface area contributed by atoms with E-state index in [4.69, 9.17) is 6.57 Å². The van der Waals surface area contributed by atoms with E-state index < -0.39 is 0 Å². The third-order valence-corrected chi connectivity index (χ3v) is 8.67. The molecule has 1 aliphatic heterocycles. The van der Waals surface area contributed by atoms with Gasteiger partial charge in [-0.25, -0.2) is 9.33 Å². The number of fused-ring (bicyclic) bond motifs is 6. The van der Waals surface area contributed by atoms with Gasteiger partial charge in [0.05, 0.1) is 30.3 Å². The first kappa shape index (κ1) is 23.5. The predicted molar refractivity (Wildman–Crippen MR) is 171 cm³/mol. The fourth-order valence-corrected chi connectivity index (χ4v) is 6.76. The van der Waals surface area contributed by atoms with Gasteiger partial charge in [0.2, 0.25) is 0 Å². The predicted octanol–water partition coefficient (Wildman–Crippen LogP) is 10.6. The van der Waals surface area contributed by atoms with Crippen molar-refractivity contribution in [1.82, 2.24) is 9.05 Å². The number of hydrogen-bond donors (Lipinski definition) is 0. The highest BCUT2D eigenvalue weighted by molar-refractivity contribution is 6.09. The van der Waals surface area contributed by atoms with Crippen molar-refractivity contribution in [2.24, 2.45) is 0 Å². The minimum Gasteiger partial charge on any atom is -0.309 e. The van der Waals surface area contributed by atoms with E-state index in [-0.39, 0.29) is 0 Å². The molecule has 0 saturated carbocycles. The van der Waals surface area contributed by atoms with Crippen LogP contribution in [-0.4, -0.2) is 11.6 Å². The molecule has 192 valence electrons. The molecular weight excluding hydrogens is 498 g/mol. The molecule has 0 aliphatic carbocycles. The number of rotatable bonds is 3. The number of hydrogen-bond acceptors (Lipinski definition) is 0. The molecule has 0 amide bonds. The molecule has 8 rings (SSSR count). The van der Waals surface area contributed by atoms with Crippen LogP contribution in [0.2, 0.25) is 0 Å². The van der Waals surface area contributed by atoms with Crippen LogP contribution in [0.1, 0.15) is 0 Å². The summed E-state index contributed by atoms with van der Waals surface area (Å²) in [5.41, 5.74) is 12.6. The average molecular weight is 525 g/mol. The number of quaternary nitrogens is 1. The zero-order valence-electron chi connectivity index (χ0n) is 22.6. The normalized spacial score (nSPS) is 13.2. The molecule has 0 spiro atoms. The van der Waals surface area contributed by atoms with Crippen LogP contribution in [0.15, 0.2) is 140 Å². The number of benzene rings is 6. The fourth-order valence-electron chi connectivity index (χ4n) is 6.76. The molecule has 6 aromatic carbocycles. The van der Waals surface area contributed by atoms with Crippen molar-refractivity contribution in [2.45, 2.75) is 0 Å². The SMILES string of the molecule is [C-]#[N+]c1ccc(-c2ccc(-n3c4ccccc4c4ccccc43)cc2[N+]2(C)c3ccccc3-c3ccccc32)cc1. The highest BCUT2D eigenvalue weighted by Gasteiger charge is 2.43. The van der Waals surface area contributed by atoms with Gasteiger partial charge in [0.25, 0.3) is 0 Å². The van der Waals surface area contributed by atoms with Crippen molar-refractivity contribution in [2.75, 3.05) is 7.05 Å². The molecule has 0 radical (unpaired) electrons. The Kier molecular flexibility index (Phi) is 5.03. The first-order chi connectivity index (χ1) is 20.2. The maximum Gasteiger partial charge on any atom is 0.187 e. The molecule has 3 heteroatoms. The first-order valence-corrected chi connectivity index (χ1v) is 13.9. The molecule has 0 fully saturated rings. The fraction of sp³-hybridized carbons (Fsp3) is 0.0263. The first-order valence-electron chi connectivity index (χ1n) is 13.9. The smallest absolute Gasteiger partial charge is 0.187 e. The van der Waals surface area contributed by atoms with Gasteiger partial charge in [0.1, 0.15) is 0 Å². The zero-order valence-corrected chi connectivity index (χ0v) is 22.6. The van der Waals surface area contributed by atoms with Crippen LogP contribution in [0, 0.1) is 6.57 Å². The minimum absolute atomic E-state index is 0.553. The summed E-state index contributed by atoms with van der Waals surface area (Å²) >= 11 is 0. The average Bonchev–Trinajstić information content (AvgIpc) is 3.52. The zero-order chi connectivity index (χ0) is 27.6. The van der Waals surface area contributed by atoms with Crippen molar-refractivity contribution in [3.8, 4) is 27.9 Å². The van der Waals surface area contributed by atoms with E-state index in [1.165, 1.54) is 50.0 Å². The lowest BCUT2D eigenvalue weighted by atomic mass is 9.99. The van der Waals surface area contributed by atoms with Crippen molar-refractivity contribution in [1.29, 1.82) is 0 Å². The molecule has 1 aliphatic rings. The van der Waals surface area contributed by atoms with E-state index in [9.17, 15) is 0 Å². The minimum atomic E-state index is 0.553. The third-order valence-electron chi connectivity index (χ3n) is 8.67. The number of nitrogens with zero attached hydrogens (tertiary/aromatic N) is 3. The highest BCUT2D eigenvalue weighted by Crippen LogP contribution is 2.58. The lowest BCUT2D eigenvalue weighted by Crippen LogP contribution is -2.32. The molecule has 0 saturated heterocycles. The van der Waals surface area contributed by atoms with E-state index in [0.29, 0.717) is 10.2 Å². The largest absolute Gasteiger partial charge is 0.309 e. The van der Waals surface area contributed by atoms with Gasteiger partial charge in [-0.05, 0) is 42.0 Å². The van der Waals surface area contributed by atoms with E-state index in [1.807, 2.05) is 12.1 Å². The van der Waals surface area contributed by atoms with Gasteiger partial charge >= 0.3 is 0 Å². The van der Waals surface area contributed by atoms with Crippen molar-refractivity contribution in [3.05, 3.63) is 151 Å². The molecule has 41 heavy (non-hydrogen) atoms. The van der Waals surface area contributed by atoms with Crippen LogP contribution in [0.3, 0.4) is 0 Å². The lowest BCUT2D eigenvalue weighted by Gasteiger charge is -2.32. The van der Waals surface area contributed by atoms with Crippen LogP contribution >= 0.6 is 0 Å². The summed E-state index contributed by atoms with van der Waals surface area (Å²) in [5, 5.41) is 2.50. The summed E-state index contributed by atoms with van der Waals surface area (Å²) < 4.78 is 2.94. The second kappa shape index (κ2) is 8.79. The quantitative estimate of drug-likeness (QED) is 0.161. The maximum atomic E-state index is 7.45. The van der Waals surface area contributed by atoms with Crippen LogP contribution < -0.4 is 4.48 Å². The van der Waals surface area contributed by atoms with E-state index in [2.05, 4.69) is 144 Å². The Labute approximate surface area is 239 Å². The summed E-state index contributed by atoms with van der Waals surface area (Å²) in [6.07, 6.45) is 0. The van der Waals surface area contributed by atoms with E-state index in [0.717, 1.165) is 16.8 Å². The van der Waals surface area contributed by atoms with E-state index >= 15 is 0 Å². The Bertz CT molecular complexity index is 2080. The molecule has 1 aromatic heterocycles. The Morgan fingerprint density at radius 2 is 1.07 bits per heavy atom. The molecule has 0 bridgehead atoms. The lowest BCUT2D eigenvalue weighted by molar-refractivity contribution is 0.643. The summed E-state index contributed by atoms with van der Waals surface area (Å²) in [5.74, 6) is 0. The van der Waals surface area contributed by atoms with Gasteiger partial charge in [0.15, 0.2) is 22.7 Å². The highest BCUT2D eigenvalue weighted by atomic mass is 15.4. The Morgan fingerprint density at radius 1 is 0.537 bits per heavy atom. The summed E-state index contributed by atoms with van der Waals surface area (Å²) in [6.45, 7) is 7.45. The third kappa shape index (κ3) is 3.29. The van der Waals surface area contributed by atoms with Gasteiger partial charge in [-0.15, -0.1) is 0 Å². The van der Waals surface area contributed by atoms with Gasteiger partial charge < -0.3 is 4.57 Å². The van der Waals surface area contributed by atoms with Crippen LogP contribution in [-0.2, 0) is 0 Å². The topological polar surface area (TPSA) is 9.29 Å². The van der Waals surface area contributed by atoms with Gasteiger partial charge in [-0.1, -0.05) is 84.9 Å². The van der Waals surface area contributed by atoms with Gasteiger partial charge in [0, 0.05) is 45.7 Å². The monoisotopic (exact) mass is 524 g/mol. The summed E-state index contributed by atoms with van der Waals surface area (Å²) in [4.78, 5) is 3.63. The molecule has 2 heterocycles. The summed E-state index contributed by atoms with van der Waals surface area (Å²) in [6, 6.07) is 49.7. The number of para-hydroxylation sites is 4. The molecular formula is C38H26N3+. The molecule has 3 nitrogen and oxygen atoms in total. The van der Waals surface area contributed by atoms with E-state index in [1.54, 1.807) is 0 Å². The second-order valence-corrected chi connectivity index (χ2v) is 10.8. The molecule has 7 aromatic rings. The van der Waals surface area contributed by atoms with Crippen molar-refractivity contribution in [3.63, 3.8) is 0 Å². The Balaban J connectivity index is 1.47.